The summed E-state index contributed by atoms with van der Waals surface area (Å²) in [6.07, 6.45) is 1.83. The molecule has 0 unspecified atom stereocenters. The van der Waals surface area contributed by atoms with Gasteiger partial charge >= 0.3 is 0 Å². The summed E-state index contributed by atoms with van der Waals surface area (Å²) in [5.74, 6) is 1.45. The summed E-state index contributed by atoms with van der Waals surface area (Å²) < 4.78 is 11.6. The monoisotopic (exact) mass is 337 g/mol. The molecule has 1 saturated heterocycles. The van der Waals surface area contributed by atoms with Gasteiger partial charge in [0.15, 0.2) is 23.4 Å². The number of piperidine rings is 1. The van der Waals surface area contributed by atoms with Crippen LogP contribution in [0.15, 0.2) is 12.1 Å². The maximum Gasteiger partial charge on any atom is 0.174 e. The molecular weight excluding hydrogens is 318 g/mol. The molecular formula is C17H20ClNO4. The van der Waals surface area contributed by atoms with Gasteiger partial charge in [-0.25, -0.2) is 0 Å². The lowest BCUT2D eigenvalue weighted by atomic mass is 9.49. The molecule has 2 fully saturated rings. The molecule has 1 aromatic carbocycles. The van der Waals surface area contributed by atoms with E-state index in [1.165, 1.54) is 5.56 Å². The Morgan fingerprint density at radius 1 is 1.39 bits per heavy atom. The first-order valence-corrected chi connectivity index (χ1v) is 7.97. The Morgan fingerprint density at radius 2 is 2.22 bits per heavy atom. The van der Waals surface area contributed by atoms with Gasteiger partial charge in [-0.3, -0.25) is 4.79 Å². The first-order valence-electron chi connectivity index (χ1n) is 7.97. The lowest BCUT2D eigenvalue weighted by Crippen LogP contribution is -2.76. The minimum atomic E-state index is -0.908. The van der Waals surface area contributed by atoms with Crippen molar-refractivity contribution in [3.05, 3.63) is 23.3 Å². The molecule has 23 heavy (non-hydrogen) atoms. The van der Waals surface area contributed by atoms with Crippen LogP contribution in [0.2, 0.25) is 0 Å². The third kappa shape index (κ3) is 1.49. The number of methoxy groups -OCH3 is 1. The van der Waals surface area contributed by atoms with E-state index in [0.717, 1.165) is 24.9 Å². The molecule has 6 heteroatoms. The topological polar surface area (TPSA) is 67.8 Å². The van der Waals surface area contributed by atoms with Crippen molar-refractivity contribution in [3.8, 4) is 11.5 Å². The van der Waals surface area contributed by atoms with Crippen molar-refractivity contribution in [3.63, 3.8) is 0 Å². The molecule has 2 aliphatic heterocycles. The number of benzene rings is 1. The van der Waals surface area contributed by atoms with E-state index in [2.05, 4.69) is 11.4 Å². The van der Waals surface area contributed by atoms with Gasteiger partial charge in [0.1, 0.15) is 0 Å². The second-order valence-electron chi connectivity index (χ2n) is 6.95. The summed E-state index contributed by atoms with van der Waals surface area (Å²) in [5.41, 5.74) is 0.699. The number of hydrogen-bond acceptors (Lipinski definition) is 5. The summed E-state index contributed by atoms with van der Waals surface area (Å²) in [6, 6.07) is 3.96. The Morgan fingerprint density at radius 3 is 3.00 bits per heavy atom. The number of halogens is 1. The number of Topliss-reactive ketones (excluding diaryl/α,β-unsaturated/α-hetero) is 1. The molecule has 0 radical (unpaired) electrons. The van der Waals surface area contributed by atoms with Crippen LogP contribution in [0.5, 0.6) is 11.5 Å². The minimum Gasteiger partial charge on any atom is -0.493 e. The first-order chi connectivity index (χ1) is 10.6. The van der Waals surface area contributed by atoms with Crippen LogP contribution in [-0.4, -0.2) is 42.3 Å². The van der Waals surface area contributed by atoms with Gasteiger partial charge in [-0.15, -0.1) is 12.4 Å². The van der Waals surface area contributed by atoms with Crippen molar-refractivity contribution in [2.45, 2.75) is 48.8 Å². The summed E-state index contributed by atoms with van der Waals surface area (Å²) in [5, 5.41) is 15.0. The Balaban J connectivity index is 0.00000135. The molecule has 4 aliphatic rings. The molecule has 0 amide bonds. The van der Waals surface area contributed by atoms with Gasteiger partial charge in [-0.05, 0) is 37.4 Å². The second kappa shape index (κ2) is 4.62. The fourth-order valence-corrected chi connectivity index (χ4v) is 5.37. The van der Waals surface area contributed by atoms with Gasteiger partial charge in [0.2, 0.25) is 0 Å². The van der Waals surface area contributed by atoms with Crippen LogP contribution in [-0.2, 0) is 16.6 Å². The molecule has 5 nitrogen and oxygen atoms in total. The number of nitrogens with one attached hydrogen (secondary N) is 1. The molecule has 2 bridgehead atoms. The van der Waals surface area contributed by atoms with Crippen LogP contribution in [0.1, 0.15) is 30.4 Å². The van der Waals surface area contributed by atoms with E-state index in [1.807, 2.05) is 6.07 Å². The SMILES string of the molecule is COc1ccc2c3c1O[C@H]1C(=O)CC[C@@]4(O)[C@@H](C2)NCC[C@]314.Cl. The Labute approximate surface area is 140 Å². The highest BCUT2D eigenvalue weighted by molar-refractivity contribution is 5.90. The standard InChI is InChI=1S/C17H19NO4.ClH/c1-21-11-3-2-9-8-12-17(20)5-4-10(19)15-16(17,6-7-18-12)13(9)14(11)22-15;/h2-3,12,15,18,20H,4-8H2,1H3;1H/t12-,15+,16+,17-;/m1./s1. The molecule has 1 aromatic rings. The molecule has 1 saturated carbocycles. The third-order valence-corrected chi connectivity index (χ3v) is 6.29. The summed E-state index contributed by atoms with van der Waals surface area (Å²) in [4.78, 5) is 12.6. The number of carbonyl (C=O) groups is 1. The third-order valence-electron chi connectivity index (χ3n) is 6.29. The molecule has 5 rings (SSSR count). The van der Waals surface area contributed by atoms with Crippen LogP contribution in [0.25, 0.3) is 0 Å². The van der Waals surface area contributed by atoms with Crippen molar-refractivity contribution in [2.75, 3.05) is 13.7 Å². The van der Waals surface area contributed by atoms with Crippen molar-refractivity contribution in [1.29, 1.82) is 0 Å². The first kappa shape index (κ1) is 15.2. The van der Waals surface area contributed by atoms with Crippen LogP contribution >= 0.6 is 12.4 Å². The highest BCUT2D eigenvalue weighted by Gasteiger charge is 2.71. The predicted molar refractivity (Wildman–Crippen MR) is 85.6 cm³/mol. The molecule has 2 heterocycles. The highest BCUT2D eigenvalue weighted by atomic mass is 35.5. The van der Waals surface area contributed by atoms with Crippen molar-refractivity contribution < 1.29 is 19.4 Å². The van der Waals surface area contributed by atoms with E-state index in [1.54, 1.807) is 7.11 Å². The van der Waals surface area contributed by atoms with Crippen LogP contribution < -0.4 is 14.8 Å². The van der Waals surface area contributed by atoms with Gasteiger partial charge in [0, 0.05) is 18.0 Å². The van der Waals surface area contributed by atoms with E-state index in [0.29, 0.717) is 24.3 Å². The Bertz CT molecular complexity index is 708. The lowest BCUT2D eigenvalue weighted by Gasteiger charge is -2.59. The molecule has 124 valence electrons. The number of rotatable bonds is 1. The summed E-state index contributed by atoms with van der Waals surface area (Å²) >= 11 is 0. The zero-order chi connectivity index (χ0) is 15.1. The van der Waals surface area contributed by atoms with E-state index in [9.17, 15) is 9.90 Å². The number of hydrogen-bond donors (Lipinski definition) is 2. The Hall–Kier alpha value is -1.30. The van der Waals surface area contributed by atoms with Crippen molar-refractivity contribution >= 4 is 18.2 Å². The van der Waals surface area contributed by atoms with Gasteiger partial charge in [-0.2, -0.15) is 0 Å². The van der Waals surface area contributed by atoms with Gasteiger partial charge in [-0.1, -0.05) is 6.07 Å². The fourth-order valence-electron chi connectivity index (χ4n) is 5.37. The van der Waals surface area contributed by atoms with Crippen molar-refractivity contribution in [2.24, 2.45) is 0 Å². The maximum atomic E-state index is 12.6. The number of ketones is 1. The normalized spacial score (nSPS) is 39.1. The van der Waals surface area contributed by atoms with E-state index < -0.39 is 17.1 Å². The van der Waals surface area contributed by atoms with Gasteiger partial charge < -0.3 is 19.9 Å². The van der Waals surface area contributed by atoms with E-state index >= 15 is 0 Å². The highest BCUT2D eigenvalue weighted by Crippen LogP contribution is 2.63. The lowest BCUT2D eigenvalue weighted by molar-refractivity contribution is -0.166. The zero-order valence-corrected chi connectivity index (χ0v) is 13.7. The van der Waals surface area contributed by atoms with E-state index in [-0.39, 0.29) is 24.2 Å². The summed E-state index contributed by atoms with van der Waals surface area (Å²) in [6.45, 7) is 0.802. The van der Waals surface area contributed by atoms with Crippen LogP contribution in [0.3, 0.4) is 0 Å². The van der Waals surface area contributed by atoms with Crippen molar-refractivity contribution in [1.82, 2.24) is 5.32 Å². The number of aliphatic hydroxyl groups is 1. The van der Waals surface area contributed by atoms with Gasteiger partial charge in [0.05, 0.1) is 18.1 Å². The smallest absolute Gasteiger partial charge is 0.174 e. The fraction of sp³-hybridized carbons (Fsp3) is 0.588. The molecule has 4 atom stereocenters. The summed E-state index contributed by atoms with van der Waals surface area (Å²) in [7, 11) is 1.61. The maximum absolute atomic E-state index is 12.6. The molecule has 2 aliphatic carbocycles. The quantitative estimate of drug-likeness (QED) is 0.804. The predicted octanol–water partition coefficient (Wildman–Crippen LogP) is 1.13. The average molecular weight is 338 g/mol. The second-order valence-corrected chi connectivity index (χ2v) is 6.95. The minimum absolute atomic E-state index is 0. The number of carbonyl (C=O) groups excluding carboxylic acids is 1. The van der Waals surface area contributed by atoms with Crippen LogP contribution in [0, 0.1) is 0 Å². The van der Waals surface area contributed by atoms with Crippen LogP contribution in [0.4, 0.5) is 0 Å². The molecule has 0 aromatic heterocycles. The zero-order valence-electron chi connectivity index (χ0n) is 12.9. The van der Waals surface area contributed by atoms with E-state index in [4.69, 9.17) is 9.47 Å². The molecule has 2 N–H and O–H groups in total. The largest absolute Gasteiger partial charge is 0.493 e. The number of ether oxygens (including phenoxy) is 2. The van der Waals surface area contributed by atoms with Gasteiger partial charge in [0.25, 0.3) is 0 Å². The average Bonchev–Trinajstić information content (AvgIpc) is 2.85. The molecule has 1 spiro atoms. The Kier molecular flexibility index (Phi) is 3.06.